The summed E-state index contributed by atoms with van der Waals surface area (Å²) in [6.07, 6.45) is 23.2. The van der Waals surface area contributed by atoms with Crippen molar-refractivity contribution in [1.29, 1.82) is 0 Å². The van der Waals surface area contributed by atoms with Gasteiger partial charge in [0.2, 0.25) is 0 Å². The van der Waals surface area contributed by atoms with Gasteiger partial charge in [0.15, 0.2) is 0 Å². The highest BCUT2D eigenvalue weighted by atomic mass is 31.0. The molecule has 1 unspecified atom stereocenters. The molecule has 0 saturated carbocycles. The zero-order chi connectivity index (χ0) is 14.7. The molecule has 20 heavy (non-hydrogen) atoms. The van der Waals surface area contributed by atoms with Crippen LogP contribution in [-0.4, -0.2) is 6.54 Å². The Hall–Kier alpha value is 0.390. The lowest BCUT2D eigenvalue weighted by Gasteiger charge is -2.03. The topological polar surface area (TPSA) is 12.0 Å². The second kappa shape index (κ2) is 19.4. The highest BCUT2D eigenvalue weighted by Crippen LogP contribution is 2.13. The average Bonchev–Trinajstić information content (AvgIpc) is 2.47. The van der Waals surface area contributed by atoms with Gasteiger partial charge in [-0.15, -0.1) is 0 Å². The second-order valence-corrected chi connectivity index (χ2v) is 6.67. The molecular weight excluding hydrogens is 261 g/mol. The first-order valence-corrected chi connectivity index (χ1v) is 9.93. The van der Waals surface area contributed by atoms with Crippen LogP contribution in [0.15, 0.2) is 0 Å². The summed E-state index contributed by atoms with van der Waals surface area (Å²) in [5, 5.41) is 3.13. The van der Waals surface area contributed by atoms with Crippen molar-refractivity contribution in [3.63, 3.8) is 0 Å². The van der Waals surface area contributed by atoms with Crippen molar-refractivity contribution in [3.05, 3.63) is 0 Å². The molecule has 122 valence electrons. The molecule has 0 aromatic carbocycles. The lowest BCUT2D eigenvalue weighted by Crippen LogP contribution is -1.98. The Balaban J connectivity index is 2.89. The average molecular weight is 301 g/mol. The number of rotatable bonds is 17. The largest absolute Gasteiger partial charge is 0.301 e. The molecule has 0 heterocycles. The molecule has 1 nitrogen and oxygen atoms in total. The molecule has 0 aliphatic rings. The van der Waals surface area contributed by atoms with E-state index in [2.05, 4.69) is 21.4 Å². The van der Waals surface area contributed by atoms with Crippen LogP contribution < -0.4 is 5.09 Å². The molecule has 0 aromatic heterocycles. The van der Waals surface area contributed by atoms with Crippen LogP contribution in [-0.2, 0) is 0 Å². The van der Waals surface area contributed by atoms with Gasteiger partial charge >= 0.3 is 0 Å². The monoisotopic (exact) mass is 301 g/mol. The predicted molar refractivity (Wildman–Crippen MR) is 97.3 cm³/mol. The van der Waals surface area contributed by atoms with E-state index in [-0.39, 0.29) is 0 Å². The van der Waals surface area contributed by atoms with Crippen molar-refractivity contribution >= 4 is 9.39 Å². The summed E-state index contributed by atoms with van der Waals surface area (Å²) in [6.45, 7) is 3.45. The molecule has 0 bridgehead atoms. The van der Waals surface area contributed by atoms with Gasteiger partial charge in [-0.05, 0) is 13.0 Å². The molecule has 0 aromatic rings. The molecule has 0 aliphatic carbocycles. The van der Waals surface area contributed by atoms with E-state index in [4.69, 9.17) is 0 Å². The van der Waals surface area contributed by atoms with Crippen molar-refractivity contribution in [2.75, 3.05) is 6.54 Å². The Morgan fingerprint density at radius 3 is 1.10 bits per heavy atom. The fraction of sp³-hybridized carbons (Fsp3) is 1.00. The Morgan fingerprint density at radius 1 is 0.500 bits per heavy atom. The maximum Gasteiger partial charge on any atom is -0.00144 e. The minimum atomic E-state index is 1.16. The molecule has 0 rings (SSSR count). The van der Waals surface area contributed by atoms with Crippen molar-refractivity contribution in [1.82, 2.24) is 5.09 Å². The van der Waals surface area contributed by atoms with Crippen molar-refractivity contribution < 1.29 is 0 Å². The SMILES string of the molecule is CCCCCCCCCCCCCCCCCCNP. The minimum absolute atomic E-state index is 1.16. The van der Waals surface area contributed by atoms with Crippen LogP contribution >= 0.6 is 9.39 Å². The summed E-state index contributed by atoms with van der Waals surface area (Å²) in [7, 11) is 2.58. The Kier molecular flexibility index (Phi) is 19.8. The summed E-state index contributed by atoms with van der Waals surface area (Å²) in [5.74, 6) is 0. The molecule has 0 radical (unpaired) electrons. The maximum atomic E-state index is 3.13. The van der Waals surface area contributed by atoms with Gasteiger partial charge in [0.1, 0.15) is 0 Å². The van der Waals surface area contributed by atoms with E-state index in [0.717, 1.165) is 6.54 Å². The number of hydrogen-bond acceptors (Lipinski definition) is 1. The van der Waals surface area contributed by atoms with E-state index in [9.17, 15) is 0 Å². The van der Waals surface area contributed by atoms with Gasteiger partial charge in [0.05, 0.1) is 0 Å². The van der Waals surface area contributed by atoms with Gasteiger partial charge in [-0.1, -0.05) is 113 Å². The maximum absolute atomic E-state index is 3.13. The zero-order valence-corrected chi connectivity index (χ0v) is 15.3. The molecule has 2 heteroatoms. The highest BCUT2D eigenvalue weighted by Gasteiger charge is 1.94. The van der Waals surface area contributed by atoms with Crippen LogP contribution in [0.5, 0.6) is 0 Å². The normalized spacial score (nSPS) is 11.1. The third-order valence-electron chi connectivity index (χ3n) is 4.17. The van der Waals surface area contributed by atoms with Crippen LogP contribution in [0, 0.1) is 0 Å². The lowest BCUT2D eigenvalue weighted by molar-refractivity contribution is 0.529. The zero-order valence-electron chi connectivity index (χ0n) is 14.1. The van der Waals surface area contributed by atoms with Gasteiger partial charge < -0.3 is 5.09 Å². The summed E-state index contributed by atoms with van der Waals surface area (Å²) in [5.41, 5.74) is 0. The molecular formula is C18H40NP. The summed E-state index contributed by atoms with van der Waals surface area (Å²) in [6, 6.07) is 0. The van der Waals surface area contributed by atoms with Crippen molar-refractivity contribution in [2.45, 2.75) is 110 Å². The molecule has 0 saturated heterocycles. The minimum Gasteiger partial charge on any atom is -0.301 e. The van der Waals surface area contributed by atoms with Crippen molar-refractivity contribution in [2.24, 2.45) is 0 Å². The van der Waals surface area contributed by atoms with Gasteiger partial charge in [0, 0.05) is 0 Å². The van der Waals surface area contributed by atoms with Gasteiger partial charge in [0.25, 0.3) is 0 Å². The van der Waals surface area contributed by atoms with Gasteiger partial charge in [-0.25, -0.2) is 0 Å². The van der Waals surface area contributed by atoms with Crippen LogP contribution in [0.25, 0.3) is 0 Å². The smallest absolute Gasteiger partial charge is 0.00144 e. The number of hydrogen-bond donors (Lipinski definition) is 1. The fourth-order valence-electron chi connectivity index (χ4n) is 2.78. The fourth-order valence-corrected chi connectivity index (χ4v) is 2.98. The second-order valence-electron chi connectivity index (χ2n) is 6.26. The van der Waals surface area contributed by atoms with Crippen LogP contribution in [0.2, 0.25) is 0 Å². The predicted octanol–water partition coefficient (Wildman–Crippen LogP) is 6.63. The van der Waals surface area contributed by atoms with E-state index < -0.39 is 0 Å². The van der Waals surface area contributed by atoms with Crippen LogP contribution in [0.3, 0.4) is 0 Å². The van der Waals surface area contributed by atoms with Crippen LogP contribution in [0.4, 0.5) is 0 Å². The first-order chi connectivity index (χ1) is 9.91. The molecule has 1 N–H and O–H groups in total. The molecule has 1 atom stereocenters. The van der Waals surface area contributed by atoms with E-state index >= 15 is 0 Å². The van der Waals surface area contributed by atoms with E-state index in [1.165, 1.54) is 103 Å². The van der Waals surface area contributed by atoms with Gasteiger partial charge in [-0.2, -0.15) is 0 Å². The van der Waals surface area contributed by atoms with Crippen LogP contribution in [0.1, 0.15) is 110 Å². The van der Waals surface area contributed by atoms with Gasteiger partial charge in [-0.3, -0.25) is 0 Å². The Bertz CT molecular complexity index is 143. The quantitative estimate of drug-likeness (QED) is 0.235. The number of unbranched alkanes of at least 4 members (excludes halogenated alkanes) is 15. The number of nitrogens with one attached hydrogen (secondary N) is 1. The Labute approximate surface area is 131 Å². The van der Waals surface area contributed by atoms with E-state index in [1.807, 2.05) is 0 Å². The third-order valence-corrected chi connectivity index (χ3v) is 4.46. The van der Waals surface area contributed by atoms with E-state index in [1.54, 1.807) is 0 Å². The highest BCUT2D eigenvalue weighted by molar-refractivity contribution is 7.13. The first-order valence-electron chi connectivity index (χ1n) is 9.35. The first kappa shape index (κ1) is 20.4. The Morgan fingerprint density at radius 2 is 0.800 bits per heavy atom. The summed E-state index contributed by atoms with van der Waals surface area (Å²) in [4.78, 5) is 0. The standard InChI is InChI=1S/C18H40NP/c1-2-3-4-5-6-7-8-9-10-11-12-13-14-15-16-17-18-19-20/h19H,2-18,20H2,1H3. The molecule has 0 fully saturated rings. The molecule has 0 amide bonds. The molecule has 0 spiro atoms. The summed E-state index contributed by atoms with van der Waals surface area (Å²) < 4.78 is 0. The summed E-state index contributed by atoms with van der Waals surface area (Å²) >= 11 is 0. The third kappa shape index (κ3) is 18.4. The molecule has 0 aliphatic heterocycles. The van der Waals surface area contributed by atoms with E-state index in [0.29, 0.717) is 0 Å². The van der Waals surface area contributed by atoms with Crippen molar-refractivity contribution in [3.8, 4) is 0 Å². The lowest BCUT2D eigenvalue weighted by atomic mass is 10.0.